The van der Waals surface area contributed by atoms with Gasteiger partial charge in [0.05, 0.1) is 26.9 Å². The van der Waals surface area contributed by atoms with E-state index in [0.717, 1.165) is 5.56 Å². The van der Waals surface area contributed by atoms with Crippen LogP contribution in [0.3, 0.4) is 0 Å². The summed E-state index contributed by atoms with van der Waals surface area (Å²) in [6.45, 7) is 4.10. The van der Waals surface area contributed by atoms with Crippen LogP contribution in [0.5, 0.6) is 11.5 Å². The Hall–Kier alpha value is -2.52. The van der Waals surface area contributed by atoms with Crippen LogP contribution in [0.15, 0.2) is 18.2 Å². The van der Waals surface area contributed by atoms with E-state index in [4.69, 9.17) is 24.1 Å². The van der Waals surface area contributed by atoms with Crippen molar-refractivity contribution in [3.63, 3.8) is 0 Å². The number of carbonyl (C=O) groups is 2. The van der Waals surface area contributed by atoms with E-state index in [0.29, 0.717) is 11.5 Å². The van der Waals surface area contributed by atoms with Gasteiger partial charge in [-0.15, -0.1) is 0 Å². The van der Waals surface area contributed by atoms with Crippen LogP contribution in [-0.4, -0.2) is 66.8 Å². The Morgan fingerprint density at radius 1 is 1.37 bits per heavy atom. The van der Waals surface area contributed by atoms with Crippen LogP contribution in [0.25, 0.3) is 0 Å². The normalized spacial score (nSPS) is 26.4. The molecule has 1 aromatic rings. The van der Waals surface area contributed by atoms with Gasteiger partial charge < -0.3 is 34.3 Å². The molecule has 2 aliphatic rings. The number of likely N-dealkylation sites (tertiary alicyclic amines) is 1. The summed E-state index contributed by atoms with van der Waals surface area (Å²) in [7, 11) is 3.10. The third kappa shape index (κ3) is 3.79. The topological polar surface area (TPSA) is 107 Å². The van der Waals surface area contributed by atoms with Gasteiger partial charge in [-0.2, -0.15) is 0 Å². The van der Waals surface area contributed by atoms with E-state index in [1.165, 1.54) is 0 Å². The van der Waals surface area contributed by atoms with Gasteiger partial charge in [0.2, 0.25) is 5.91 Å². The Morgan fingerprint density at radius 3 is 2.67 bits per heavy atom. The molecule has 3 rings (SSSR count). The maximum atomic E-state index is 12.6. The lowest BCUT2D eigenvalue weighted by molar-refractivity contribution is -0.174. The van der Waals surface area contributed by atoms with Crippen LogP contribution in [0.1, 0.15) is 19.4 Å². The molecule has 2 saturated heterocycles. The molecule has 0 spiro atoms. The molecule has 3 atom stereocenters. The van der Waals surface area contributed by atoms with E-state index >= 15 is 0 Å². The molecule has 2 aliphatic heterocycles. The standard InChI is InChI=1S/C18H24N2O7/c1-18(2)26-9-13(27-18)15-14(19-17(22)23)16(21)20(15)8-10-5-6-11(24-3)7-12(10)25-4/h5-7,13-15,19H,8-9H2,1-4H3,(H,22,23)/t13?,14-,15+/m0/s1. The van der Waals surface area contributed by atoms with Gasteiger partial charge in [-0.1, -0.05) is 0 Å². The molecule has 1 unspecified atom stereocenters. The maximum Gasteiger partial charge on any atom is 0.405 e. The number of hydrogen-bond donors (Lipinski definition) is 2. The van der Waals surface area contributed by atoms with Crippen molar-refractivity contribution in [1.82, 2.24) is 10.2 Å². The lowest BCUT2D eigenvalue weighted by atomic mass is 9.89. The van der Waals surface area contributed by atoms with Crippen molar-refractivity contribution in [2.24, 2.45) is 0 Å². The van der Waals surface area contributed by atoms with Crippen molar-refractivity contribution in [2.45, 2.75) is 44.4 Å². The van der Waals surface area contributed by atoms with E-state index in [9.17, 15) is 9.59 Å². The summed E-state index contributed by atoms with van der Waals surface area (Å²) in [4.78, 5) is 25.3. The second kappa shape index (κ2) is 7.24. The average Bonchev–Trinajstić information content (AvgIpc) is 2.98. The van der Waals surface area contributed by atoms with Crippen LogP contribution in [0, 0.1) is 0 Å². The monoisotopic (exact) mass is 380 g/mol. The minimum Gasteiger partial charge on any atom is -0.497 e. The zero-order valence-electron chi connectivity index (χ0n) is 15.7. The summed E-state index contributed by atoms with van der Waals surface area (Å²) in [6.07, 6.45) is -1.68. The van der Waals surface area contributed by atoms with Crippen LogP contribution in [0.2, 0.25) is 0 Å². The highest BCUT2D eigenvalue weighted by atomic mass is 16.7. The van der Waals surface area contributed by atoms with Crippen molar-refractivity contribution >= 4 is 12.0 Å². The third-order valence-electron chi connectivity index (χ3n) is 4.78. The quantitative estimate of drug-likeness (QED) is 0.714. The summed E-state index contributed by atoms with van der Waals surface area (Å²) in [6, 6.07) is 3.99. The summed E-state index contributed by atoms with van der Waals surface area (Å²) >= 11 is 0. The highest BCUT2D eigenvalue weighted by Crippen LogP contribution is 2.35. The predicted octanol–water partition coefficient (Wildman–Crippen LogP) is 1.20. The molecule has 2 heterocycles. The van der Waals surface area contributed by atoms with E-state index in [1.54, 1.807) is 45.1 Å². The molecular weight excluding hydrogens is 356 g/mol. The second-order valence-corrected chi connectivity index (χ2v) is 6.93. The zero-order valence-corrected chi connectivity index (χ0v) is 15.7. The molecule has 0 aliphatic carbocycles. The largest absolute Gasteiger partial charge is 0.497 e. The van der Waals surface area contributed by atoms with Gasteiger partial charge in [0.25, 0.3) is 0 Å². The first-order valence-electron chi connectivity index (χ1n) is 8.58. The van der Waals surface area contributed by atoms with Gasteiger partial charge in [0.15, 0.2) is 5.79 Å². The SMILES string of the molecule is COc1ccc(CN2C(=O)[C@@H](NC(=O)O)[C@H]2C2COC(C)(C)O2)c(OC)c1. The lowest BCUT2D eigenvalue weighted by Crippen LogP contribution is -2.74. The number of ether oxygens (including phenoxy) is 4. The molecule has 0 aromatic heterocycles. The number of hydrogen-bond acceptors (Lipinski definition) is 6. The Kier molecular flexibility index (Phi) is 5.16. The van der Waals surface area contributed by atoms with Crippen LogP contribution >= 0.6 is 0 Å². The van der Waals surface area contributed by atoms with Crippen LogP contribution in [-0.2, 0) is 20.8 Å². The third-order valence-corrected chi connectivity index (χ3v) is 4.78. The van der Waals surface area contributed by atoms with Crippen molar-refractivity contribution < 1.29 is 33.6 Å². The number of methoxy groups -OCH3 is 2. The molecule has 2 N–H and O–H groups in total. The van der Waals surface area contributed by atoms with E-state index in [2.05, 4.69) is 5.32 Å². The maximum absolute atomic E-state index is 12.6. The molecule has 2 amide bonds. The van der Waals surface area contributed by atoms with Gasteiger partial charge in [0, 0.05) is 18.2 Å². The first-order valence-corrected chi connectivity index (χ1v) is 8.58. The number of amides is 2. The summed E-state index contributed by atoms with van der Waals surface area (Å²) in [5, 5.41) is 11.3. The van der Waals surface area contributed by atoms with Gasteiger partial charge in [-0.3, -0.25) is 4.79 Å². The Labute approximate surface area is 157 Å². The van der Waals surface area contributed by atoms with Gasteiger partial charge in [-0.05, 0) is 26.0 Å². The number of benzene rings is 1. The molecule has 0 saturated carbocycles. The van der Waals surface area contributed by atoms with Crippen LogP contribution < -0.4 is 14.8 Å². The van der Waals surface area contributed by atoms with Crippen molar-refractivity contribution in [2.75, 3.05) is 20.8 Å². The molecule has 9 nitrogen and oxygen atoms in total. The first-order chi connectivity index (χ1) is 12.8. The number of nitrogens with one attached hydrogen (secondary N) is 1. The predicted molar refractivity (Wildman–Crippen MR) is 93.7 cm³/mol. The number of nitrogens with zero attached hydrogens (tertiary/aromatic N) is 1. The number of carboxylic acid groups (broad SMARTS) is 1. The Balaban J connectivity index is 1.82. The number of carbonyl (C=O) groups excluding carboxylic acids is 1. The molecule has 0 bridgehead atoms. The van der Waals surface area contributed by atoms with Crippen LogP contribution in [0.4, 0.5) is 4.79 Å². The molecule has 27 heavy (non-hydrogen) atoms. The number of β-lactam (4-membered cyclic amide) rings is 1. The lowest BCUT2D eigenvalue weighted by Gasteiger charge is -2.49. The van der Waals surface area contributed by atoms with E-state index in [-0.39, 0.29) is 19.1 Å². The van der Waals surface area contributed by atoms with Crippen molar-refractivity contribution in [3.8, 4) is 11.5 Å². The average molecular weight is 380 g/mol. The van der Waals surface area contributed by atoms with Gasteiger partial charge >= 0.3 is 6.09 Å². The molecule has 1 aromatic carbocycles. The highest BCUT2D eigenvalue weighted by Gasteiger charge is 2.55. The van der Waals surface area contributed by atoms with Gasteiger partial charge in [-0.25, -0.2) is 4.79 Å². The first kappa shape index (κ1) is 19.2. The van der Waals surface area contributed by atoms with E-state index < -0.39 is 30.1 Å². The number of rotatable bonds is 6. The van der Waals surface area contributed by atoms with Gasteiger partial charge in [0.1, 0.15) is 23.6 Å². The molecule has 9 heteroatoms. The minimum atomic E-state index is -1.25. The minimum absolute atomic E-state index is 0.259. The fourth-order valence-corrected chi connectivity index (χ4v) is 3.50. The Morgan fingerprint density at radius 2 is 2.11 bits per heavy atom. The fraction of sp³-hybridized carbons (Fsp3) is 0.556. The fourth-order valence-electron chi connectivity index (χ4n) is 3.50. The molecular formula is C18H24N2O7. The summed E-state index contributed by atoms with van der Waals surface area (Å²) in [5.41, 5.74) is 0.781. The molecule has 0 radical (unpaired) electrons. The second-order valence-electron chi connectivity index (χ2n) is 6.93. The zero-order chi connectivity index (χ0) is 19.8. The smallest absolute Gasteiger partial charge is 0.405 e. The highest BCUT2D eigenvalue weighted by molar-refractivity contribution is 5.92. The van der Waals surface area contributed by atoms with Crippen molar-refractivity contribution in [3.05, 3.63) is 23.8 Å². The molecule has 2 fully saturated rings. The van der Waals surface area contributed by atoms with E-state index in [1.807, 2.05) is 6.07 Å². The van der Waals surface area contributed by atoms with Crippen molar-refractivity contribution in [1.29, 1.82) is 0 Å². The molecule has 148 valence electrons. The Bertz CT molecular complexity index is 736. The summed E-state index contributed by atoms with van der Waals surface area (Å²) < 4.78 is 22.1. The summed E-state index contributed by atoms with van der Waals surface area (Å²) in [5.74, 6) is 0.135.